The molecule has 25 heavy (non-hydrogen) atoms. The molecule has 2 aromatic rings. The number of fused-ring (bicyclic) bond motifs is 1. The summed E-state index contributed by atoms with van der Waals surface area (Å²) in [6, 6.07) is 6.93. The van der Waals surface area contributed by atoms with Gasteiger partial charge in [0.1, 0.15) is 0 Å². The summed E-state index contributed by atoms with van der Waals surface area (Å²) in [6.45, 7) is 4.76. The average Bonchev–Trinajstić information content (AvgIpc) is 3.04. The molecular weight excluding hydrogens is 316 g/mol. The van der Waals surface area contributed by atoms with Crippen molar-refractivity contribution in [3.8, 4) is 22.8 Å². The lowest BCUT2D eigenvalue weighted by atomic mass is 10.1. The van der Waals surface area contributed by atoms with Crippen molar-refractivity contribution >= 4 is 0 Å². The van der Waals surface area contributed by atoms with E-state index in [4.69, 9.17) is 9.47 Å². The minimum atomic E-state index is 0.301. The van der Waals surface area contributed by atoms with E-state index in [0.717, 1.165) is 47.8 Å². The highest BCUT2D eigenvalue weighted by atomic mass is 16.7. The van der Waals surface area contributed by atoms with Gasteiger partial charge in [-0.15, -0.1) is 0 Å². The highest BCUT2D eigenvalue weighted by molar-refractivity contribution is 5.66. The average molecular weight is 340 g/mol. The Balaban J connectivity index is 1.20. The lowest BCUT2D eigenvalue weighted by Gasteiger charge is -2.15. The number of likely N-dealkylation sites (tertiary alicyclic amines) is 1. The maximum absolute atomic E-state index is 5.48. The molecule has 0 bridgehead atoms. The Kier molecular flexibility index (Phi) is 3.87. The fourth-order valence-electron chi connectivity index (χ4n) is 3.96. The Hall–Kier alpha value is -2.05. The van der Waals surface area contributed by atoms with Crippen molar-refractivity contribution in [1.82, 2.24) is 20.4 Å². The topological polar surface area (TPSA) is 62.4 Å². The van der Waals surface area contributed by atoms with Gasteiger partial charge in [-0.1, -0.05) is 0 Å². The van der Waals surface area contributed by atoms with E-state index in [0.29, 0.717) is 6.79 Å². The first-order valence-electron chi connectivity index (χ1n) is 9.24. The van der Waals surface area contributed by atoms with Crippen LogP contribution in [-0.2, 0) is 6.54 Å². The second-order valence-corrected chi connectivity index (χ2v) is 7.35. The van der Waals surface area contributed by atoms with Crippen LogP contribution >= 0.6 is 0 Å². The van der Waals surface area contributed by atoms with Gasteiger partial charge < -0.3 is 19.7 Å². The zero-order valence-electron chi connectivity index (χ0n) is 14.3. The molecule has 2 N–H and O–H groups in total. The number of hydrogen-bond acceptors (Lipinski definition) is 5. The van der Waals surface area contributed by atoms with Gasteiger partial charge in [0.05, 0.1) is 11.9 Å². The van der Waals surface area contributed by atoms with E-state index in [-0.39, 0.29) is 0 Å². The Morgan fingerprint density at radius 2 is 2.12 bits per heavy atom. The van der Waals surface area contributed by atoms with Gasteiger partial charge >= 0.3 is 0 Å². The SMILES string of the molecule is c1cc2c(cc1-c1[nH]ncc1CNC[C@H]1CCN(C3CC3)C1)OCO2. The van der Waals surface area contributed by atoms with Crippen LogP contribution in [0, 0.1) is 5.92 Å². The second kappa shape index (κ2) is 6.35. The Morgan fingerprint density at radius 1 is 1.20 bits per heavy atom. The van der Waals surface area contributed by atoms with E-state index in [9.17, 15) is 0 Å². The molecule has 0 amide bonds. The molecule has 0 radical (unpaired) electrons. The summed E-state index contributed by atoms with van der Waals surface area (Å²) in [5, 5.41) is 11.0. The fourth-order valence-corrected chi connectivity index (χ4v) is 3.96. The minimum absolute atomic E-state index is 0.301. The fraction of sp³-hybridized carbons (Fsp3) is 0.526. The van der Waals surface area contributed by atoms with Crippen LogP contribution in [-0.4, -0.2) is 47.6 Å². The molecule has 1 saturated heterocycles. The van der Waals surface area contributed by atoms with E-state index in [1.54, 1.807) is 0 Å². The number of rotatable bonds is 6. The molecule has 1 saturated carbocycles. The molecule has 0 unspecified atom stereocenters. The molecule has 0 spiro atoms. The number of ether oxygens (including phenoxy) is 2. The second-order valence-electron chi connectivity index (χ2n) is 7.35. The maximum Gasteiger partial charge on any atom is 0.231 e. The first-order valence-corrected chi connectivity index (χ1v) is 9.24. The van der Waals surface area contributed by atoms with E-state index in [1.807, 2.05) is 18.3 Å². The summed E-state index contributed by atoms with van der Waals surface area (Å²) in [4.78, 5) is 2.67. The maximum atomic E-state index is 5.48. The van der Waals surface area contributed by atoms with Crippen LogP contribution in [0.1, 0.15) is 24.8 Å². The minimum Gasteiger partial charge on any atom is -0.454 e. The predicted octanol–water partition coefficient (Wildman–Crippen LogP) is 2.38. The lowest BCUT2D eigenvalue weighted by molar-refractivity contribution is 0.174. The number of nitrogens with one attached hydrogen (secondary N) is 2. The van der Waals surface area contributed by atoms with Gasteiger partial charge in [0.25, 0.3) is 0 Å². The van der Waals surface area contributed by atoms with Gasteiger partial charge in [0, 0.05) is 30.3 Å². The van der Waals surface area contributed by atoms with Gasteiger partial charge in [-0.2, -0.15) is 5.10 Å². The third-order valence-corrected chi connectivity index (χ3v) is 5.51. The van der Waals surface area contributed by atoms with Gasteiger partial charge in [0.2, 0.25) is 6.79 Å². The first-order chi connectivity index (χ1) is 12.4. The van der Waals surface area contributed by atoms with E-state index in [2.05, 4.69) is 26.5 Å². The van der Waals surface area contributed by atoms with E-state index in [1.165, 1.54) is 37.9 Å². The highest BCUT2D eigenvalue weighted by Gasteiger charge is 2.34. The summed E-state index contributed by atoms with van der Waals surface area (Å²) in [7, 11) is 0. The molecule has 6 nitrogen and oxygen atoms in total. The van der Waals surface area contributed by atoms with E-state index < -0.39 is 0 Å². The Bertz CT molecular complexity index is 756. The van der Waals surface area contributed by atoms with Crippen molar-refractivity contribution in [3.63, 3.8) is 0 Å². The van der Waals surface area contributed by atoms with Gasteiger partial charge in [-0.05, 0) is 56.5 Å². The summed E-state index contributed by atoms with van der Waals surface area (Å²) < 4.78 is 10.9. The smallest absolute Gasteiger partial charge is 0.231 e. The van der Waals surface area contributed by atoms with Gasteiger partial charge in [0.15, 0.2) is 11.5 Å². The van der Waals surface area contributed by atoms with Crippen molar-refractivity contribution in [3.05, 3.63) is 30.0 Å². The van der Waals surface area contributed by atoms with Crippen molar-refractivity contribution in [1.29, 1.82) is 0 Å². The van der Waals surface area contributed by atoms with Crippen molar-refractivity contribution < 1.29 is 9.47 Å². The largest absolute Gasteiger partial charge is 0.454 e. The molecule has 3 heterocycles. The predicted molar refractivity (Wildman–Crippen MR) is 94.6 cm³/mol. The van der Waals surface area contributed by atoms with Crippen molar-refractivity contribution in [2.45, 2.75) is 31.8 Å². The Labute approximate surface area is 147 Å². The molecule has 2 fully saturated rings. The van der Waals surface area contributed by atoms with Crippen molar-refractivity contribution in [2.75, 3.05) is 26.4 Å². The summed E-state index contributed by atoms with van der Waals surface area (Å²) in [5.74, 6) is 2.39. The third kappa shape index (κ3) is 3.12. The van der Waals surface area contributed by atoms with Crippen LogP contribution in [0.15, 0.2) is 24.4 Å². The molecule has 2 aliphatic heterocycles. The standard InChI is InChI=1S/C19H24N4O2/c1-4-17-18(25-12-24-17)7-14(1)19-15(10-21-22-19)9-20-8-13-5-6-23(11-13)16-2-3-16/h1,4,7,10,13,16,20H,2-3,5-6,8-9,11-12H2,(H,21,22)/t13-/m1/s1. The number of nitrogens with zero attached hydrogens (tertiary/aromatic N) is 2. The molecule has 6 heteroatoms. The summed E-state index contributed by atoms with van der Waals surface area (Å²) >= 11 is 0. The molecule has 1 atom stereocenters. The summed E-state index contributed by atoms with van der Waals surface area (Å²) in [6.07, 6.45) is 6.06. The molecule has 1 aromatic carbocycles. The van der Waals surface area contributed by atoms with Gasteiger partial charge in [-0.25, -0.2) is 0 Å². The number of hydrogen-bond donors (Lipinski definition) is 2. The van der Waals surface area contributed by atoms with Crippen LogP contribution in [0.4, 0.5) is 0 Å². The van der Waals surface area contributed by atoms with Crippen molar-refractivity contribution in [2.24, 2.45) is 5.92 Å². The molecule has 1 aliphatic carbocycles. The van der Waals surface area contributed by atoms with Crippen LogP contribution in [0.25, 0.3) is 11.3 Å². The Morgan fingerprint density at radius 3 is 3.04 bits per heavy atom. The zero-order valence-corrected chi connectivity index (χ0v) is 14.3. The molecule has 1 aromatic heterocycles. The zero-order chi connectivity index (χ0) is 16.6. The highest BCUT2D eigenvalue weighted by Crippen LogP contribution is 2.36. The third-order valence-electron chi connectivity index (χ3n) is 5.51. The molecule has 3 aliphatic rings. The normalized spacial score (nSPS) is 22.6. The number of H-pyrrole nitrogens is 1. The van der Waals surface area contributed by atoms with E-state index >= 15 is 0 Å². The number of aromatic nitrogens is 2. The van der Waals surface area contributed by atoms with Crippen LogP contribution in [0.5, 0.6) is 11.5 Å². The number of aromatic amines is 1. The van der Waals surface area contributed by atoms with Gasteiger partial charge in [-0.3, -0.25) is 5.10 Å². The summed E-state index contributed by atoms with van der Waals surface area (Å²) in [5.41, 5.74) is 3.33. The monoisotopic (exact) mass is 340 g/mol. The quantitative estimate of drug-likeness (QED) is 0.845. The lowest BCUT2D eigenvalue weighted by Crippen LogP contribution is -2.27. The first kappa shape index (κ1) is 15.2. The number of benzene rings is 1. The van der Waals surface area contributed by atoms with Crippen LogP contribution < -0.4 is 14.8 Å². The molecular formula is C19H24N4O2. The van der Waals surface area contributed by atoms with Crippen LogP contribution in [0.2, 0.25) is 0 Å². The molecule has 5 rings (SSSR count). The van der Waals surface area contributed by atoms with Crippen LogP contribution in [0.3, 0.4) is 0 Å². The molecule has 132 valence electrons.